The summed E-state index contributed by atoms with van der Waals surface area (Å²) in [5.41, 5.74) is 0. The van der Waals surface area contributed by atoms with Crippen LogP contribution in [0.2, 0.25) is 0 Å². The lowest BCUT2D eigenvalue weighted by Gasteiger charge is -2.15. The summed E-state index contributed by atoms with van der Waals surface area (Å²) in [6.45, 7) is 5.60. The van der Waals surface area contributed by atoms with Gasteiger partial charge in [0.05, 0.1) is 12.0 Å². The molecule has 0 spiro atoms. The molecule has 1 saturated carbocycles. The topological polar surface area (TPSA) is 35.8 Å². The van der Waals surface area contributed by atoms with Crippen LogP contribution in [0.4, 0.5) is 0 Å². The Kier molecular flexibility index (Phi) is 4.97. The van der Waals surface area contributed by atoms with Crippen LogP contribution in [0.1, 0.15) is 46.0 Å². The molecule has 0 bridgehead atoms. The summed E-state index contributed by atoms with van der Waals surface area (Å²) in [7, 11) is 0. The second-order valence-corrected chi connectivity index (χ2v) is 4.76. The molecule has 2 atom stereocenters. The normalized spacial score (nSPS) is 26.7. The molecule has 1 N–H and O–H groups in total. The van der Waals surface area contributed by atoms with E-state index in [1.807, 2.05) is 0 Å². The number of nitriles is 1. The molecular weight excluding hydrogens is 172 g/mol. The van der Waals surface area contributed by atoms with Crippen molar-refractivity contribution >= 4 is 0 Å². The number of nitrogens with zero attached hydrogens (tertiary/aromatic N) is 1. The van der Waals surface area contributed by atoms with Gasteiger partial charge in [0, 0.05) is 6.04 Å². The molecule has 14 heavy (non-hydrogen) atoms. The third-order valence-electron chi connectivity index (χ3n) is 3.05. The fourth-order valence-corrected chi connectivity index (χ4v) is 2.16. The van der Waals surface area contributed by atoms with Crippen LogP contribution in [0.3, 0.4) is 0 Å². The Balaban J connectivity index is 2.09. The van der Waals surface area contributed by atoms with E-state index in [0.717, 1.165) is 18.9 Å². The standard InChI is InChI=1S/C12H22N2/c1-10(2)5-4-8-14-12-7-3-6-11(12)9-13/h10-12,14H,3-8H2,1-2H3. The van der Waals surface area contributed by atoms with Gasteiger partial charge >= 0.3 is 0 Å². The van der Waals surface area contributed by atoms with Crippen LogP contribution in [0.5, 0.6) is 0 Å². The minimum Gasteiger partial charge on any atom is -0.313 e. The lowest BCUT2D eigenvalue weighted by Crippen LogP contribution is -2.32. The highest BCUT2D eigenvalue weighted by Gasteiger charge is 2.25. The minimum atomic E-state index is 0.272. The van der Waals surface area contributed by atoms with Gasteiger partial charge in [-0.1, -0.05) is 20.3 Å². The Morgan fingerprint density at radius 2 is 2.21 bits per heavy atom. The monoisotopic (exact) mass is 194 g/mol. The molecule has 0 aromatic rings. The quantitative estimate of drug-likeness (QED) is 0.683. The third-order valence-corrected chi connectivity index (χ3v) is 3.05. The molecule has 0 heterocycles. The Morgan fingerprint density at radius 1 is 1.43 bits per heavy atom. The summed E-state index contributed by atoms with van der Waals surface area (Å²) in [6.07, 6.45) is 6.04. The zero-order valence-electron chi connectivity index (χ0n) is 9.42. The molecule has 2 heteroatoms. The van der Waals surface area contributed by atoms with Gasteiger partial charge in [0.1, 0.15) is 0 Å². The van der Waals surface area contributed by atoms with Crippen LogP contribution >= 0.6 is 0 Å². The van der Waals surface area contributed by atoms with Gasteiger partial charge in [0.2, 0.25) is 0 Å². The van der Waals surface area contributed by atoms with Gasteiger partial charge in [-0.05, 0) is 38.1 Å². The zero-order valence-corrected chi connectivity index (χ0v) is 9.42. The van der Waals surface area contributed by atoms with Gasteiger partial charge in [-0.25, -0.2) is 0 Å². The average Bonchev–Trinajstić information content (AvgIpc) is 2.59. The molecule has 2 unspecified atom stereocenters. The van der Waals surface area contributed by atoms with Crippen LogP contribution in [-0.4, -0.2) is 12.6 Å². The fourth-order valence-electron chi connectivity index (χ4n) is 2.16. The molecule has 1 aliphatic rings. The second-order valence-electron chi connectivity index (χ2n) is 4.76. The lowest BCUT2D eigenvalue weighted by atomic mass is 10.0. The Hall–Kier alpha value is -0.550. The van der Waals surface area contributed by atoms with Crippen LogP contribution in [-0.2, 0) is 0 Å². The van der Waals surface area contributed by atoms with Crippen molar-refractivity contribution in [2.75, 3.05) is 6.54 Å². The van der Waals surface area contributed by atoms with Gasteiger partial charge in [-0.3, -0.25) is 0 Å². The van der Waals surface area contributed by atoms with Crippen LogP contribution < -0.4 is 5.32 Å². The molecule has 1 aliphatic carbocycles. The molecule has 0 radical (unpaired) electrons. The summed E-state index contributed by atoms with van der Waals surface area (Å²) < 4.78 is 0. The van der Waals surface area contributed by atoms with Gasteiger partial charge in [-0.2, -0.15) is 5.26 Å². The summed E-state index contributed by atoms with van der Waals surface area (Å²) in [5, 5.41) is 12.4. The van der Waals surface area contributed by atoms with E-state index < -0.39 is 0 Å². The smallest absolute Gasteiger partial charge is 0.0672 e. The van der Waals surface area contributed by atoms with Crippen molar-refractivity contribution in [1.29, 1.82) is 5.26 Å². The first-order chi connectivity index (χ1) is 6.74. The fraction of sp³-hybridized carbons (Fsp3) is 0.917. The highest BCUT2D eigenvalue weighted by molar-refractivity contribution is 4.96. The number of hydrogen-bond acceptors (Lipinski definition) is 2. The van der Waals surface area contributed by atoms with Gasteiger partial charge in [-0.15, -0.1) is 0 Å². The molecular formula is C12H22N2. The van der Waals surface area contributed by atoms with E-state index in [0.29, 0.717) is 6.04 Å². The van der Waals surface area contributed by atoms with Crippen molar-refractivity contribution in [3.63, 3.8) is 0 Å². The molecule has 80 valence electrons. The highest BCUT2D eigenvalue weighted by atomic mass is 14.9. The van der Waals surface area contributed by atoms with Crippen LogP contribution in [0.25, 0.3) is 0 Å². The maximum Gasteiger partial charge on any atom is 0.0672 e. The average molecular weight is 194 g/mol. The van der Waals surface area contributed by atoms with E-state index >= 15 is 0 Å². The van der Waals surface area contributed by atoms with Crippen molar-refractivity contribution in [2.45, 2.75) is 52.0 Å². The highest BCUT2D eigenvalue weighted by Crippen LogP contribution is 2.24. The Bertz CT molecular complexity index is 193. The van der Waals surface area contributed by atoms with Crippen LogP contribution in [0.15, 0.2) is 0 Å². The molecule has 0 aliphatic heterocycles. The summed E-state index contributed by atoms with van der Waals surface area (Å²) in [5.74, 6) is 1.07. The predicted molar refractivity (Wildman–Crippen MR) is 58.8 cm³/mol. The Labute approximate surface area is 87.7 Å². The molecule has 1 rings (SSSR count). The first-order valence-electron chi connectivity index (χ1n) is 5.87. The van der Waals surface area contributed by atoms with Crippen molar-refractivity contribution in [2.24, 2.45) is 11.8 Å². The van der Waals surface area contributed by atoms with E-state index in [9.17, 15) is 0 Å². The first-order valence-corrected chi connectivity index (χ1v) is 5.87. The summed E-state index contributed by atoms with van der Waals surface area (Å²) in [4.78, 5) is 0. The van der Waals surface area contributed by atoms with Gasteiger partial charge < -0.3 is 5.32 Å². The molecule has 0 aromatic heterocycles. The van der Waals surface area contributed by atoms with E-state index in [1.54, 1.807) is 0 Å². The maximum absolute atomic E-state index is 8.89. The van der Waals surface area contributed by atoms with Crippen molar-refractivity contribution in [3.8, 4) is 6.07 Å². The van der Waals surface area contributed by atoms with Crippen molar-refractivity contribution in [3.05, 3.63) is 0 Å². The predicted octanol–water partition coefficient (Wildman–Crippen LogP) is 2.70. The van der Waals surface area contributed by atoms with E-state index in [4.69, 9.17) is 5.26 Å². The van der Waals surface area contributed by atoms with Crippen molar-refractivity contribution < 1.29 is 0 Å². The lowest BCUT2D eigenvalue weighted by molar-refractivity contribution is 0.441. The third kappa shape index (κ3) is 3.67. The summed E-state index contributed by atoms with van der Waals surface area (Å²) in [6, 6.07) is 2.88. The van der Waals surface area contributed by atoms with E-state index in [-0.39, 0.29) is 5.92 Å². The van der Waals surface area contributed by atoms with Crippen LogP contribution in [0, 0.1) is 23.2 Å². The number of hydrogen-bond donors (Lipinski definition) is 1. The minimum absolute atomic E-state index is 0.272. The van der Waals surface area contributed by atoms with Gasteiger partial charge in [0.25, 0.3) is 0 Å². The van der Waals surface area contributed by atoms with E-state index in [1.165, 1.54) is 25.7 Å². The molecule has 1 fully saturated rings. The summed E-state index contributed by atoms with van der Waals surface area (Å²) >= 11 is 0. The SMILES string of the molecule is CC(C)CCCNC1CCCC1C#N. The van der Waals surface area contributed by atoms with Gasteiger partial charge in [0.15, 0.2) is 0 Å². The molecule has 0 aromatic carbocycles. The second kappa shape index (κ2) is 6.03. The molecule has 0 amide bonds. The number of nitrogens with one attached hydrogen (secondary N) is 1. The maximum atomic E-state index is 8.89. The molecule has 2 nitrogen and oxygen atoms in total. The number of rotatable bonds is 5. The Morgan fingerprint density at radius 3 is 2.86 bits per heavy atom. The largest absolute Gasteiger partial charge is 0.313 e. The molecule has 0 saturated heterocycles. The van der Waals surface area contributed by atoms with Crippen molar-refractivity contribution in [1.82, 2.24) is 5.32 Å². The first kappa shape index (κ1) is 11.5. The zero-order chi connectivity index (χ0) is 10.4. The van der Waals surface area contributed by atoms with E-state index in [2.05, 4.69) is 25.2 Å².